The number of carbonyl (C=O) groups excluding carboxylic acids is 2. The second-order valence-electron chi connectivity index (χ2n) is 11.3. The molecule has 1 saturated carbocycles. The van der Waals surface area contributed by atoms with Gasteiger partial charge < -0.3 is 14.7 Å². The summed E-state index contributed by atoms with van der Waals surface area (Å²) in [6, 6.07) is 13.0. The third kappa shape index (κ3) is 5.16. The van der Waals surface area contributed by atoms with Crippen LogP contribution in [-0.2, 0) is 26.0 Å². The van der Waals surface area contributed by atoms with Crippen LogP contribution in [0.3, 0.4) is 0 Å². The van der Waals surface area contributed by atoms with Gasteiger partial charge in [-0.1, -0.05) is 17.7 Å². The Labute approximate surface area is 235 Å². The van der Waals surface area contributed by atoms with Gasteiger partial charge in [-0.2, -0.15) is 4.31 Å². The number of piperazine rings is 1. The molecule has 2 saturated heterocycles. The predicted molar refractivity (Wildman–Crippen MR) is 152 cm³/mol. The Hall–Kier alpha value is -2.62. The molecule has 10 heteroatoms. The number of hydrogen-bond acceptors (Lipinski definition) is 5. The molecule has 3 heterocycles. The molecule has 0 N–H and O–H groups in total. The van der Waals surface area contributed by atoms with Gasteiger partial charge in [0, 0.05) is 73.5 Å². The lowest BCUT2D eigenvalue weighted by molar-refractivity contribution is -0.137. The number of fused-ring (bicyclic) bond motifs is 1. The zero-order valence-corrected chi connectivity index (χ0v) is 23.8. The molecule has 6 rings (SSSR count). The summed E-state index contributed by atoms with van der Waals surface area (Å²) in [5.74, 6) is 0.258. The van der Waals surface area contributed by atoms with E-state index < -0.39 is 10.0 Å². The smallest absolute Gasteiger partial charge is 0.243 e. The lowest BCUT2D eigenvalue weighted by Crippen LogP contribution is -2.52. The highest BCUT2D eigenvalue weighted by atomic mass is 35.5. The highest BCUT2D eigenvalue weighted by Gasteiger charge is 2.40. The molecule has 8 nitrogen and oxygen atoms in total. The second-order valence-corrected chi connectivity index (χ2v) is 13.7. The van der Waals surface area contributed by atoms with E-state index in [0.29, 0.717) is 50.5 Å². The number of halogens is 1. The lowest BCUT2D eigenvalue weighted by atomic mass is 9.96. The van der Waals surface area contributed by atoms with Crippen LogP contribution in [0, 0.1) is 11.8 Å². The van der Waals surface area contributed by atoms with Crippen molar-refractivity contribution in [3.8, 4) is 0 Å². The minimum Gasteiger partial charge on any atom is -0.368 e. The first kappa shape index (κ1) is 26.6. The molecule has 0 spiro atoms. The van der Waals surface area contributed by atoms with Crippen LogP contribution in [0.1, 0.15) is 38.2 Å². The summed E-state index contributed by atoms with van der Waals surface area (Å²) in [4.78, 5) is 32.3. The number of sulfonamides is 1. The van der Waals surface area contributed by atoms with Crippen molar-refractivity contribution in [3.05, 3.63) is 53.1 Å². The van der Waals surface area contributed by atoms with Gasteiger partial charge in [-0.05, 0) is 81.0 Å². The van der Waals surface area contributed by atoms with Crippen LogP contribution in [0.2, 0.25) is 5.02 Å². The lowest BCUT2D eigenvalue weighted by Gasteiger charge is -2.39. The topological polar surface area (TPSA) is 81.2 Å². The van der Waals surface area contributed by atoms with Crippen molar-refractivity contribution >= 4 is 44.8 Å². The van der Waals surface area contributed by atoms with E-state index in [2.05, 4.69) is 4.90 Å². The van der Waals surface area contributed by atoms with Gasteiger partial charge >= 0.3 is 0 Å². The van der Waals surface area contributed by atoms with Crippen molar-refractivity contribution in [2.75, 3.05) is 49.1 Å². The molecule has 4 aliphatic rings. The molecular formula is C29H35ClN4O4S. The average Bonchev–Trinajstić information content (AvgIpc) is 3.74. The quantitative estimate of drug-likeness (QED) is 0.546. The Kier molecular flexibility index (Phi) is 7.10. The van der Waals surface area contributed by atoms with Gasteiger partial charge in [0.1, 0.15) is 0 Å². The normalized spacial score (nSPS) is 22.7. The Bertz CT molecular complexity index is 1380. The number of carbonyl (C=O) groups is 2. The van der Waals surface area contributed by atoms with E-state index in [1.54, 1.807) is 18.2 Å². The summed E-state index contributed by atoms with van der Waals surface area (Å²) >= 11 is 6.14. The number of hydrogen-bond donors (Lipinski definition) is 0. The number of rotatable bonds is 5. The molecule has 0 bridgehead atoms. The van der Waals surface area contributed by atoms with Gasteiger partial charge in [0.05, 0.1) is 4.90 Å². The number of benzene rings is 2. The molecule has 2 amide bonds. The van der Waals surface area contributed by atoms with Crippen LogP contribution >= 0.6 is 11.6 Å². The molecule has 3 fully saturated rings. The van der Waals surface area contributed by atoms with Gasteiger partial charge in [-0.3, -0.25) is 9.59 Å². The van der Waals surface area contributed by atoms with E-state index in [-0.39, 0.29) is 34.6 Å². The SMILES string of the molecule is C[C@H]1Cc2cc(S(=O)(=O)N3CCC(C(=O)N4CCN(c5cccc(Cl)c5)CC4)CC3)ccc2N1C(=O)C1CC1. The summed E-state index contributed by atoms with van der Waals surface area (Å²) in [5, 5.41) is 0.702. The van der Waals surface area contributed by atoms with E-state index in [1.807, 2.05) is 41.0 Å². The molecular weight excluding hydrogens is 536 g/mol. The summed E-state index contributed by atoms with van der Waals surface area (Å²) in [5.41, 5.74) is 2.83. The van der Waals surface area contributed by atoms with Gasteiger partial charge in [0.2, 0.25) is 21.8 Å². The van der Waals surface area contributed by atoms with Crippen LogP contribution < -0.4 is 9.80 Å². The summed E-state index contributed by atoms with van der Waals surface area (Å²) in [6.45, 7) is 5.49. The summed E-state index contributed by atoms with van der Waals surface area (Å²) in [7, 11) is -3.67. The highest BCUT2D eigenvalue weighted by Crippen LogP contribution is 2.40. The van der Waals surface area contributed by atoms with E-state index in [9.17, 15) is 18.0 Å². The molecule has 39 heavy (non-hydrogen) atoms. The molecule has 1 aliphatic carbocycles. The molecule has 2 aromatic carbocycles. The third-order valence-electron chi connectivity index (χ3n) is 8.64. The molecule has 0 aromatic heterocycles. The minimum absolute atomic E-state index is 0.0418. The number of anilines is 2. The molecule has 3 aliphatic heterocycles. The van der Waals surface area contributed by atoms with Crippen molar-refractivity contribution in [3.63, 3.8) is 0 Å². The van der Waals surface area contributed by atoms with Crippen molar-refractivity contribution in [2.45, 2.75) is 50.0 Å². The van der Waals surface area contributed by atoms with Crippen LogP contribution in [0.25, 0.3) is 0 Å². The first-order valence-corrected chi connectivity index (χ1v) is 15.8. The van der Waals surface area contributed by atoms with E-state index in [0.717, 1.165) is 42.9 Å². The fraction of sp³-hybridized carbons (Fsp3) is 0.517. The number of amides is 2. The van der Waals surface area contributed by atoms with Crippen molar-refractivity contribution in [2.24, 2.45) is 11.8 Å². The standard InChI is InChI=1S/C29H35ClN4O4S/c1-20-17-23-18-26(7-8-27(23)34(20)29(36)21-5-6-21)39(37,38)33-11-9-22(10-12-33)28(35)32-15-13-31(14-16-32)25-4-2-3-24(30)19-25/h2-4,7-8,18-22H,5-6,9-17H2,1H3/t20-/m0/s1. The first-order chi connectivity index (χ1) is 18.7. The van der Waals surface area contributed by atoms with E-state index in [4.69, 9.17) is 11.6 Å². The number of piperidine rings is 1. The Balaban J connectivity index is 1.06. The van der Waals surface area contributed by atoms with Gasteiger partial charge in [-0.25, -0.2) is 8.42 Å². The fourth-order valence-corrected chi connectivity index (χ4v) is 7.94. The maximum atomic E-state index is 13.5. The van der Waals surface area contributed by atoms with Gasteiger partial charge in [-0.15, -0.1) is 0 Å². The van der Waals surface area contributed by atoms with Crippen molar-refractivity contribution in [1.82, 2.24) is 9.21 Å². The predicted octanol–water partition coefficient (Wildman–Crippen LogP) is 3.78. The molecule has 1 atom stereocenters. The zero-order valence-electron chi connectivity index (χ0n) is 22.3. The fourth-order valence-electron chi connectivity index (χ4n) is 6.24. The van der Waals surface area contributed by atoms with Crippen LogP contribution in [-0.4, -0.2) is 74.7 Å². The Morgan fingerprint density at radius 2 is 1.54 bits per heavy atom. The second kappa shape index (κ2) is 10.4. The minimum atomic E-state index is -3.67. The van der Waals surface area contributed by atoms with Crippen LogP contribution in [0.15, 0.2) is 47.4 Å². The van der Waals surface area contributed by atoms with Gasteiger partial charge in [0.25, 0.3) is 0 Å². The van der Waals surface area contributed by atoms with Crippen molar-refractivity contribution in [1.29, 1.82) is 0 Å². The highest BCUT2D eigenvalue weighted by molar-refractivity contribution is 7.89. The average molecular weight is 571 g/mol. The molecule has 208 valence electrons. The van der Waals surface area contributed by atoms with E-state index >= 15 is 0 Å². The number of nitrogens with zero attached hydrogens (tertiary/aromatic N) is 4. The summed E-state index contributed by atoms with van der Waals surface area (Å²) in [6.07, 6.45) is 3.61. The van der Waals surface area contributed by atoms with Crippen molar-refractivity contribution < 1.29 is 18.0 Å². The van der Waals surface area contributed by atoms with E-state index in [1.165, 1.54) is 4.31 Å². The van der Waals surface area contributed by atoms with Crippen LogP contribution in [0.4, 0.5) is 11.4 Å². The zero-order chi connectivity index (χ0) is 27.3. The Morgan fingerprint density at radius 3 is 2.21 bits per heavy atom. The molecule has 2 aromatic rings. The largest absolute Gasteiger partial charge is 0.368 e. The Morgan fingerprint density at radius 1 is 0.846 bits per heavy atom. The maximum Gasteiger partial charge on any atom is 0.243 e. The monoisotopic (exact) mass is 570 g/mol. The summed E-state index contributed by atoms with van der Waals surface area (Å²) < 4.78 is 28.5. The third-order valence-corrected chi connectivity index (χ3v) is 10.8. The molecule has 0 radical (unpaired) electrons. The maximum absolute atomic E-state index is 13.5. The molecule has 0 unspecified atom stereocenters. The van der Waals surface area contributed by atoms with Crippen LogP contribution in [0.5, 0.6) is 0 Å². The first-order valence-electron chi connectivity index (χ1n) is 14.0. The van der Waals surface area contributed by atoms with Gasteiger partial charge in [0.15, 0.2) is 0 Å².